The number of benzene rings is 1. The third-order valence-electron chi connectivity index (χ3n) is 3.89. The summed E-state index contributed by atoms with van der Waals surface area (Å²) in [5, 5.41) is 11.6. The molecular weight excluding hydrogens is 296 g/mol. The Kier molecular flexibility index (Phi) is 5.73. The second-order valence-electron chi connectivity index (χ2n) is 5.76. The second kappa shape index (κ2) is 7.76. The van der Waals surface area contributed by atoms with Crippen LogP contribution in [0.2, 0.25) is 0 Å². The molecule has 0 spiro atoms. The molecule has 2 rings (SSSR count). The van der Waals surface area contributed by atoms with Crippen LogP contribution in [0.3, 0.4) is 0 Å². The van der Waals surface area contributed by atoms with Gasteiger partial charge in [0.15, 0.2) is 0 Å². The molecule has 1 aromatic rings. The summed E-state index contributed by atoms with van der Waals surface area (Å²) in [5.74, 6) is -1.11. The minimum absolute atomic E-state index is 0.0183. The number of carbonyl (C=O) groups excluding carboxylic acids is 2. The minimum atomic E-state index is -0.916. The molecule has 1 aliphatic heterocycles. The van der Waals surface area contributed by atoms with E-state index in [0.29, 0.717) is 30.6 Å². The first kappa shape index (κ1) is 17.0. The molecule has 1 heterocycles. The van der Waals surface area contributed by atoms with Crippen LogP contribution >= 0.6 is 0 Å². The number of carboxylic acid groups (broad SMARTS) is 1. The number of nitrogens with zero attached hydrogens (tertiary/aromatic N) is 1. The molecule has 6 nitrogen and oxygen atoms in total. The molecule has 1 fully saturated rings. The maximum atomic E-state index is 12.4. The summed E-state index contributed by atoms with van der Waals surface area (Å²) >= 11 is 0. The van der Waals surface area contributed by atoms with Crippen molar-refractivity contribution in [3.8, 4) is 0 Å². The quantitative estimate of drug-likeness (QED) is 0.840. The van der Waals surface area contributed by atoms with Gasteiger partial charge in [0, 0.05) is 18.7 Å². The number of likely N-dealkylation sites (tertiary alicyclic amines) is 1. The molecule has 1 unspecified atom stereocenters. The highest BCUT2D eigenvalue weighted by Gasteiger charge is 2.33. The van der Waals surface area contributed by atoms with Crippen LogP contribution in [-0.4, -0.2) is 40.4 Å². The van der Waals surface area contributed by atoms with E-state index in [1.54, 1.807) is 29.2 Å². The summed E-state index contributed by atoms with van der Waals surface area (Å²) in [6, 6.07) is 6.35. The van der Waals surface area contributed by atoms with Crippen LogP contribution in [0.25, 0.3) is 0 Å². The van der Waals surface area contributed by atoms with Gasteiger partial charge in [0.1, 0.15) is 6.04 Å². The summed E-state index contributed by atoms with van der Waals surface area (Å²) < 4.78 is 0. The molecule has 2 N–H and O–H groups in total. The molecular formula is C17H22N2O4. The third-order valence-corrected chi connectivity index (χ3v) is 3.89. The van der Waals surface area contributed by atoms with Crippen LogP contribution in [0.4, 0.5) is 5.69 Å². The molecule has 0 aromatic heterocycles. The Morgan fingerprint density at radius 3 is 2.83 bits per heavy atom. The van der Waals surface area contributed by atoms with E-state index in [-0.39, 0.29) is 18.2 Å². The maximum absolute atomic E-state index is 12.4. The van der Waals surface area contributed by atoms with Crippen molar-refractivity contribution in [1.29, 1.82) is 0 Å². The Bertz CT molecular complexity index is 600. The zero-order valence-electron chi connectivity index (χ0n) is 13.2. The van der Waals surface area contributed by atoms with E-state index in [0.717, 1.165) is 12.8 Å². The van der Waals surface area contributed by atoms with Crippen molar-refractivity contribution in [3.63, 3.8) is 0 Å². The minimum Gasteiger partial charge on any atom is -0.481 e. The van der Waals surface area contributed by atoms with Gasteiger partial charge in [0.25, 0.3) is 0 Å². The predicted octanol–water partition coefficient (Wildman–Crippen LogP) is 2.04. The van der Waals surface area contributed by atoms with Crippen molar-refractivity contribution < 1.29 is 19.5 Å². The van der Waals surface area contributed by atoms with Gasteiger partial charge in [-0.3, -0.25) is 14.4 Å². The molecule has 0 bridgehead atoms. The summed E-state index contributed by atoms with van der Waals surface area (Å²) in [7, 11) is 0. The summed E-state index contributed by atoms with van der Waals surface area (Å²) in [5.41, 5.74) is 1.18. The lowest BCUT2D eigenvalue weighted by molar-refractivity contribution is -0.136. The lowest BCUT2D eigenvalue weighted by Crippen LogP contribution is -2.43. The van der Waals surface area contributed by atoms with Crippen molar-refractivity contribution >= 4 is 23.5 Å². The van der Waals surface area contributed by atoms with Crippen molar-refractivity contribution in [2.45, 2.75) is 45.1 Å². The molecule has 1 saturated heterocycles. The van der Waals surface area contributed by atoms with Crippen molar-refractivity contribution in [1.82, 2.24) is 4.90 Å². The van der Waals surface area contributed by atoms with Crippen molar-refractivity contribution in [2.24, 2.45) is 0 Å². The van der Waals surface area contributed by atoms with E-state index >= 15 is 0 Å². The first-order chi connectivity index (χ1) is 11.0. The van der Waals surface area contributed by atoms with Gasteiger partial charge in [-0.1, -0.05) is 19.1 Å². The van der Waals surface area contributed by atoms with Gasteiger partial charge >= 0.3 is 5.97 Å². The van der Waals surface area contributed by atoms with E-state index in [1.807, 2.05) is 6.92 Å². The number of nitrogens with one attached hydrogen (secondary N) is 1. The highest BCUT2D eigenvalue weighted by molar-refractivity contribution is 5.97. The topological polar surface area (TPSA) is 86.7 Å². The van der Waals surface area contributed by atoms with Gasteiger partial charge in [-0.2, -0.15) is 0 Å². The van der Waals surface area contributed by atoms with E-state index in [2.05, 4.69) is 5.32 Å². The monoisotopic (exact) mass is 318 g/mol. The van der Waals surface area contributed by atoms with Crippen LogP contribution in [0.1, 0.15) is 38.2 Å². The van der Waals surface area contributed by atoms with Crippen LogP contribution < -0.4 is 5.32 Å². The van der Waals surface area contributed by atoms with Crippen molar-refractivity contribution in [2.75, 3.05) is 11.9 Å². The van der Waals surface area contributed by atoms with Crippen LogP contribution in [0, 0.1) is 0 Å². The Morgan fingerprint density at radius 2 is 2.13 bits per heavy atom. The number of amides is 2. The van der Waals surface area contributed by atoms with Crippen LogP contribution in [0.15, 0.2) is 24.3 Å². The number of hydrogen-bond acceptors (Lipinski definition) is 3. The lowest BCUT2D eigenvalue weighted by atomic mass is 10.1. The van der Waals surface area contributed by atoms with E-state index in [1.165, 1.54) is 0 Å². The molecule has 2 amide bonds. The molecule has 1 aromatic carbocycles. The number of rotatable bonds is 6. The lowest BCUT2D eigenvalue weighted by Gasteiger charge is -2.24. The fraction of sp³-hybridized carbons (Fsp3) is 0.471. The van der Waals surface area contributed by atoms with Crippen LogP contribution in [-0.2, 0) is 20.8 Å². The normalized spacial score (nSPS) is 17.1. The highest BCUT2D eigenvalue weighted by atomic mass is 16.4. The van der Waals surface area contributed by atoms with Gasteiger partial charge in [-0.15, -0.1) is 0 Å². The Hall–Kier alpha value is -2.37. The SMILES string of the molecule is CCCC(=O)N1CCCC1C(=O)Nc1cccc(CC(=O)O)c1. The number of carboxylic acids is 1. The number of anilines is 1. The molecule has 0 aliphatic carbocycles. The average molecular weight is 318 g/mol. The predicted molar refractivity (Wildman–Crippen MR) is 86.1 cm³/mol. The van der Waals surface area contributed by atoms with Crippen LogP contribution in [0.5, 0.6) is 0 Å². The molecule has 6 heteroatoms. The highest BCUT2D eigenvalue weighted by Crippen LogP contribution is 2.21. The fourth-order valence-corrected chi connectivity index (χ4v) is 2.85. The molecule has 1 atom stereocenters. The van der Waals surface area contributed by atoms with Gasteiger partial charge < -0.3 is 15.3 Å². The Balaban J connectivity index is 2.03. The smallest absolute Gasteiger partial charge is 0.307 e. The third kappa shape index (κ3) is 4.55. The largest absolute Gasteiger partial charge is 0.481 e. The molecule has 0 radical (unpaired) electrons. The summed E-state index contributed by atoms with van der Waals surface area (Å²) in [6.45, 7) is 2.56. The number of hydrogen-bond donors (Lipinski definition) is 2. The molecule has 0 saturated carbocycles. The molecule has 1 aliphatic rings. The molecule has 23 heavy (non-hydrogen) atoms. The van der Waals surface area contributed by atoms with Gasteiger partial charge in [0.05, 0.1) is 6.42 Å². The number of aliphatic carboxylic acids is 1. The Morgan fingerprint density at radius 1 is 1.35 bits per heavy atom. The summed E-state index contributed by atoms with van der Waals surface area (Å²) in [4.78, 5) is 36.9. The second-order valence-corrected chi connectivity index (χ2v) is 5.76. The average Bonchev–Trinajstić information content (AvgIpc) is 2.96. The van der Waals surface area contributed by atoms with E-state index < -0.39 is 12.0 Å². The first-order valence-corrected chi connectivity index (χ1v) is 7.92. The first-order valence-electron chi connectivity index (χ1n) is 7.92. The summed E-state index contributed by atoms with van der Waals surface area (Å²) in [6.07, 6.45) is 2.62. The van der Waals surface area contributed by atoms with Gasteiger partial charge in [-0.05, 0) is 37.0 Å². The molecule has 124 valence electrons. The zero-order valence-corrected chi connectivity index (χ0v) is 13.2. The zero-order chi connectivity index (χ0) is 16.8. The standard InChI is InChI=1S/C17H22N2O4/c1-2-5-15(20)19-9-4-8-14(19)17(23)18-13-7-3-6-12(10-13)11-16(21)22/h3,6-7,10,14H,2,4-5,8-9,11H2,1H3,(H,18,23)(H,21,22). The maximum Gasteiger partial charge on any atom is 0.307 e. The van der Waals surface area contributed by atoms with E-state index in [9.17, 15) is 14.4 Å². The van der Waals surface area contributed by atoms with Crippen molar-refractivity contribution in [3.05, 3.63) is 29.8 Å². The number of carbonyl (C=O) groups is 3. The van der Waals surface area contributed by atoms with E-state index in [4.69, 9.17) is 5.11 Å². The van der Waals surface area contributed by atoms with Gasteiger partial charge in [-0.25, -0.2) is 0 Å². The Labute approximate surface area is 135 Å². The van der Waals surface area contributed by atoms with Gasteiger partial charge in [0.2, 0.25) is 11.8 Å². The fourth-order valence-electron chi connectivity index (χ4n) is 2.85.